The fraction of sp³-hybridized carbons (Fsp3) is 0.154. The molecule has 0 bridgehead atoms. The molecule has 1 heterocycles. The van der Waals surface area contributed by atoms with Gasteiger partial charge in [0.1, 0.15) is 6.33 Å². The molecule has 0 radical (unpaired) electrons. The van der Waals surface area contributed by atoms with Crippen molar-refractivity contribution < 1.29 is 9.90 Å². The number of nitrogens with zero attached hydrogens (tertiary/aromatic N) is 3. The molecule has 0 aliphatic heterocycles. The molecule has 7 nitrogen and oxygen atoms in total. The molecule has 1 aromatic carbocycles. The molecule has 104 valence electrons. The highest BCUT2D eigenvalue weighted by molar-refractivity contribution is 5.92. The Hall–Kier alpha value is -2.35. The van der Waals surface area contributed by atoms with Gasteiger partial charge in [0.25, 0.3) is 5.91 Å². The molecule has 0 aliphatic carbocycles. The molecule has 0 saturated carbocycles. The molecule has 20 heavy (non-hydrogen) atoms. The van der Waals surface area contributed by atoms with E-state index in [0.717, 1.165) is 10.7 Å². The lowest BCUT2D eigenvalue weighted by Crippen LogP contribution is -2.50. The van der Waals surface area contributed by atoms with Gasteiger partial charge in [-0.15, -0.1) is 0 Å². The number of amides is 1. The summed E-state index contributed by atoms with van der Waals surface area (Å²) in [5.41, 5.74) is 3.82. The molecule has 0 fully saturated rings. The number of hydrogen-bond acceptors (Lipinski definition) is 6. The summed E-state index contributed by atoms with van der Waals surface area (Å²) in [7, 11) is 0. The molecule has 1 unspecified atom stereocenters. The zero-order valence-corrected chi connectivity index (χ0v) is 10.7. The lowest BCUT2D eigenvalue weighted by Gasteiger charge is -2.24. The van der Waals surface area contributed by atoms with Gasteiger partial charge in [-0.3, -0.25) is 4.79 Å². The first kappa shape index (κ1) is 14.1. The largest absolute Gasteiger partial charge is 0.394 e. The molecule has 0 spiro atoms. The van der Waals surface area contributed by atoms with Gasteiger partial charge in [0.2, 0.25) is 0 Å². The number of nitrogens with two attached hydrogens (primary N) is 1. The number of carbonyl (C=O) groups is 1. The van der Waals surface area contributed by atoms with E-state index >= 15 is 0 Å². The van der Waals surface area contributed by atoms with Gasteiger partial charge in [0.15, 0.2) is 0 Å². The van der Waals surface area contributed by atoms with Crippen LogP contribution < -0.4 is 11.3 Å². The number of benzene rings is 1. The zero-order chi connectivity index (χ0) is 14.4. The van der Waals surface area contributed by atoms with E-state index in [1.807, 2.05) is 30.3 Å². The Morgan fingerprint density at radius 1 is 1.30 bits per heavy atom. The van der Waals surface area contributed by atoms with E-state index in [2.05, 4.69) is 15.4 Å². The van der Waals surface area contributed by atoms with Gasteiger partial charge in [0.05, 0.1) is 18.2 Å². The summed E-state index contributed by atoms with van der Waals surface area (Å²) in [4.78, 5) is 19.5. The molecule has 1 aromatic heterocycles. The highest BCUT2D eigenvalue weighted by Gasteiger charge is 2.18. The predicted octanol–water partition coefficient (Wildman–Crippen LogP) is 0.0307. The second kappa shape index (κ2) is 6.71. The molecule has 0 saturated heterocycles. The number of carbonyl (C=O) groups excluding carboxylic acids is 1. The molecule has 4 N–H and O–H groups in total. The summed E-state index contributed by atoms with van der Waals surface area (Å²) in [6.07, 6.45) is 4.06. The summed E-state index contributed by atoms with van der Waals surface area (Å²) in [6, 6.07) is 8.73. The Morgan fingerprint density at radius 2 is 1.95 bits per heavy atom. The second-order valence-electron chi connectivity index (χ2n) is 4.08. The second-order valence-corrected chi connectivity index (χ2v) is 4.08. The first-order chi connectivity index (χ1) is 9.72. The van der Waals surface area contributed by atoms with Crippen molar-refractivity contribution in [2.45, 2.75) is 6.04 Å². The lowest BCUT2D eigenvalue weighted by molar-refractivity contribution is 0.0574. The summed E-state index contributed by atoms with van der Waals surface area (Å²) in [5, 5.41) is 10.2. The van der Waals surface area contributed by atoms with E-state index < -0.39 is 11.9 Å². The number of aliphatic hydroxyl groups excluding tert-OH is 1. The predicted molar refractivity (Wildman–Crippen MR) is 71.8 cm³/mol. The van der Waals surface area contributed by atoms with Crippen LogP contribution in [0.4, 0.5) is 0 Å². The fourth-order valence-electron chi connectivity index (χ4n) is 1.68. The molecular weight excluding hydrogens is 258 g/mol. The van der Waals surface area contributed by atoms with Crippen LogP contribution in [0.25, 0.3) is 0 Å². The van der Waals surface area contributed by atoms with Gasteiger partial charge in [-0.1, -0.05) is 30.3 Å². The Balaban J connectivity index is 2.06. The van der Waals surface area contributed by atoms with Gasteiger partial charge in [-0.2, -0.15) is 0 Å². The number of aromatic nitrogens is 2. The third-order valence-corrected chi connectivity index (χ3v) is 2.71. The minimum atomic E-state index is -0.486. The number of nitrogens with one attached hydrogen (secondary N) is 1. The number of hydrazine groups is 2. The molecular formula is C13H15N5O2. The molecule has 0 aliphatic rings. The zero-order valence-electron chi connectivity index (χ0n) is 10.7. The molecule has 2 rings (SSSR count). The third-order valence-electron chi connectivity index (χ3n) is 2.71. The minimum absolute atomic E-state index is 0.198. The van der Waals surface area contributed by atoms with Crippen molar-refractivity contribution in [3.8, 4) is 0 Å². The average molecular weight is 273 g/mol. The van der Waals surface area contributed by atoms with Gasteiger partial charge in [-0.05, 0) is 5.56 Å². The Kier molecular flexibility index (Phi) is 4.72. The van der Waals surface area contributed by atoms with Crippen LogP contribution in [-0.4, -0.2) is 32.7 Å². The highest BCUT2D eigenvalue weighted by atomic mass is 16.3. The normalized spacial score (nSPS) is 11.9. The van der Waals surface area contributed by atoms with Crippen molar-refractivity contribution in [2.75, 3.05) is 6.61 Å². The average Bonchev–Trinajstić information content (AvgIpc) is 2.53. The first-order valence-electron chi connectivity index (χ1n) is 5.98. The van der Waals surface area contributed by atoms with Crippen LogP contribution in [0.3, 0.4) is 0 Å². The van der Waals surface area contributed by atoms with E-state index in [9.17, 15) is 9.90 Å². The monoisotopic (exact) mass is 273 g/mol. The van der Waals surface area contributed by atoms with Gasteiger partial charge in [0, 0.05) is 12.4 Å². The molecule has 2 aromatic rings. The van der Waals surface area contributed by atoms with Crippen LogP contribution in [0.1, 0.15) is 22.0 Å². The van der Waals surface area contributed by atoms with Crippen LogP contribution in [-0.2, 0) is 0 Å². The van der Waals surface area contributed by atoms with Crippen molar-refractivity contribution in [3.05, 3.63) is 60.2 Å². The molecule has 7 heteroatoms. The SMILES string of the molecule is NN(NC(CO)c1ccccc1)C(=O)c1cncnc1. The van der Waals surface area contributed by atoms with E-state index in [1.54, 1.807) is 0 Å². The van der Waals surface area contributed by atoms with E-state index in [1.165, 1.54) is 18.7 Å². The maximum Gasteiger partial charge on any atom is 0.285 e. The number of hydrogen-bond donors (Lipinski definition) is 3. The van der Waals surface area contributed by atoms with Gasteiger partial charge >= 0.3 is 0 Å². The van der Waals surface area contributed by atoms with Crippen LogP contribution >= 0.6 is 0 Å². The first-order valence-corrected chi connectivity index (χ1v) is 5.98. The van der Waals surface area contributed by atoms with Crippen LogP contribution in [0.15, 0.2) is 49.1 Å². The Bertz CT molecular complexity index is 549. The van der Waals surface area contributed by atoms with Gasteiger partial charge in [-0.25, -0.2) is 26.4 Å². The van der Waals surface area contributed by atoms with E-state index in [0.29, 0.717) is 0 Å². The standard InChI is InChI=1S/C13H15N5O2/c14-18(13(20)11-6-15-9-16-7-11)17-12(8-19)10-4-2-1-3-5-10/h1-7,9,12,17,19H,8,14H2. The van der Waals surface area contributed by atoms with Crippen molar-refractivity contribution in [1.82, 2.24) is 20.5 Å². The molecule has 1 amide bonds. The highest BCUT2D eigenvalue weighted by Crippen LogP contribution is 2.12. The summed E-state index contributed by atoms with van der Waals surface area (Å²) in [6.45, 7) is -0.198. The van der Waals surface area contributed by atoms with Crippen LogP contribution in [0, 0.1) is 0 Å². The Morgan fingerprint density at radius 3 is 2.55 bits per heavy atom. The minimum Gasteiger partial charge on any atom is -0.394 e. The van der Waals surface area contributed by atoms with Crippen LogP contribution in [0.2, 0.25) is 0 Å². The third kappa shape index (κ3) is 3.35. The quantitative estimate of drug-likeness (QED) is 0.403. The van der Waals surface area contributed by atoms with E-state index in [4.69, 9.17) is 5.84 Å². The fourth-order valence-corrected chi connectivity index (χ4v) is 1.68. The topological polar surface area (TPSA) is 104 Å². The number of aliphatic hydroxyl groups is 1. The summed E-state index contributed by atoms with van der Waals surface area (Å²) < 4.78 is 0. The number of rotatable bonds is 5. The Labute approximate surface area is 116 Å². The van der Waals surface area contributed by atoms with Gasteiger partial charge < -0.3 is 5.11 Å². The van der Waals surface area contributed by atoms with Crippen molar-refractivity contribution >= 4 is 5.91 Å². The van der Waals surface area contributed by atoms with Crippen molar-refractivity contribution in [3.63, 3.8) is 0 Å². The maximum atomic E-state index is 12.0. The van der Waals surface area contributed by atoms with E-state index in [-0.39, 0.29) is 12.2 Å². The summed E-state index contributed by atoms with van der Waals surface area (Å²) in [5.74, 6) is 5.18. The van der Waals surface area contributed by atoms with Crippen molar-refractivity contribution in [2.24, 2.45) is 5.84 Å². The smallest absolute Gasteiger partial charge is 0.285 e. The molecule has 1 atom stereocenters. The summed E-state index contributed by atoms with van der Waals surface area (Å²) >= 11 is 0. The lowest BCUT2D eigenvalue weighted by atomic mass is 10.1. The maximum absolute atomic E-state index is 12.0. The van der Waals surface area contributed by atoms with Crippen LogP contribution in [0.5, 0.6) is 0 Å². The van der Waals surface area contributed by atoms with Crippen molar-refractivity contribution in [1.29, 1.82) is 0 Å².